The minimum atomic E-state index is -4.83. The molecule has 0 aliphatic carbocycles. The van der Waals surface area contributed by atoms with E-state index in [4.69, 9.17) is 5.73 Å². The molecule has 0 spiro atoms. The molecule has 0 radical (unpaired) electrons. The van der Waals surface area contributed by atoms with Gasteiger partial charge in [-0.3, -0.25) is 9.59 Å². The van der Waals surface area contributed by atoms with Crippen LogP contribution in [0.5, 0.6) is 0 Å². The van der Waals surface area contributed by atoms with Gasteiger partial charge in [0.25, 0.3) is 0 Å². The van der Waals surface area contributed by atoms with Gasteiger partial charge in [-0.25, -0.2) is 0 Å². The highest BCUT2D eigenvalue weighted by molar-refractivity contribution is 5.87. The topological polar surface area (TPSA) is 75.4 Å². The third-order valence-corrected chi connectivity index (χ3v) is 2.80. The second kappa shape index (κ2) is 6.74. The monoisotopic (exact) mass is 283 g/mol. The molecule has 0 saturated carbocycles. The fourth-order valence-corrected chi connectivity index (χ4v) is 1.33. The molecule has 0 aliphatic heterocycles. The summed E-state index contributed by atoms with van der Waals surface area (Å²) in [7, 11) is 0. The van der Waals surface area contributed by atoms with E-state index in [0.717, 1.165) is 0 Å². The van der Waals surface area contributed by atoms with Crippen LogP contribution in [-0.2, 0) is 9.59 Å². The lowest BCUT2D eigenvalue weighted by atomic mass is 10.0. The molecule has 0 saturated heterocycles. The minimum absolute atomic E-state index is 0.0542. The lowest BCUT2D eigenvalue weighted by Gasteiger charge is -2.26. The van der Waals surface area contributed by atoms with E-state index in [1.165, 1.54) is 4.90 Å². The Bertz CT molecular complexity index is 326. The molecule has 0 aromatic rings. The molecule has 5 nitrogen and oxygen atoms in total. The number of halogens is 3. The number of carbonyl (C=O) groups is 2. The van der Waals surface area contributed by atoms with E-state index in [-0.39, 0.29) is 18.9 Å². The normalized spacial score (nSPS) is 14.7. The summed E-state index contributed by atoms with van der Waals surface area (Å²) in [4.78, 5) is 24.4. The lowest BCUT2D eigenvalue weighted by Crippen LogP contribution is -2.61. The molecule has 3 N–H and O–H groups in total. The van der Waals surface area contributed by atoms with Gasteiger partial charge in [0.05, 0.1) is 0 Å². The predicted octanol–water partition coefficient (Wildman–Crippen LogP) is 0.641. The third kappa shape index (κ3) is 4.70. The van der Waals surface area contributed by atoms with Crippen LogP contribution in [0.3, 0.4) is 0 Å². The van der Waals surface area contributed by atoms with Crippen LogP contribution in [-0.4, -0.2) is 48.1 Å². The van der Waals surface area contributed by atoms with E-state index in [0.29, 0.717) is 20.0 Å². The van der Waals surface area contributed by atoms with Gasteiger partial charge >= 0.3 is 6.18 Å². The maximum atomic E-state index is 12.4. The molecule has 0 rings (SSSR count). The summed E-state index contributed by atoms with van der Waals surface area (Å²) >= 11 is 0. The van der Waals surface area contributed by atoms with Crippen molar-refractivity contribution in [2.24, 2.45) is 5.73 Å². The van der Waals surface area contributed by atoms with Crippen LogP contribution < -0.4 is 11.1 Å². The molecule has 1 unspecified atom stereocenters. The van der Waals surface area contributed by atoms with Gasteiger partial charge in [0.1, 0.15) is 0 Å². The van der Waals surface area contributed by atoms with Gasteiger partial charge in [-0.15, -0.1) is 0 Å². The summed E-state index contributed by atoms with van der Waals surface area (Å²) in [5.74, 6) is -1.57. The number of carbonyl (C=O) groups excluding carboxylic acids is 2. The van der Waals surface area contributed by atoms with Gasteiger partial charge in [0.15, 0.2) is 5.54 Å². The summed E-state index contributed by atoms with van der Waals surface area (Å²) < 4.78 is 37.3. The predicted molar refractivity (Wildman–Crippen MR) is 64.2 cm³/mol. The summed E-state index contributed by atoms with van der Waals surface area (Å²) in [6.07, 6.45) is -4.89. The number of nitrogens with two attached hydrogens (primary N) is 1. The molecule has 0 aliphatic rings. The zero-order valence-electron chi connectivity index (χ0n) is 11.3. The summed E-state index contributed by atoms with van der Waals surface area (Å²) in [5.41, 5.74) is 1.98. The van der Waals surface area contributed by atoms with Crippen LogP contribution >= 0.6 is 0 Å². The standard InChI is InChI=1S/C11H20F3N3O2/c1-4-17(5-2)8(18)6-7-16-9(19)10(3,15)11(12,13)14/h4-7,15H2,1-3H3,(H,16,19). The number of alkyl halides is 3. The minimum Gasteiger partial charge on any atom is -0.354 e. The van der Waals surface area contributed by atoms with E-state index in [1.807, 2.05) is 5.32 Å². The van der Waals surface area contributed by atoms with Crippen LogP contribution in [0.25, 0.3) is 0 Å². The maximum Gasteiger partial charge on any atom is 0.415 e. The fourth-order valence-electron chi connectivity index (χ4n) is 1.33. The van der Waals surface area contributed by atoms with Crippen LogP contribution in [0.1, 0.15) is 27.2 Å². The van der Waals surface area contributed by atoms with Crippen molar-refractivity contribution in [3.63, 3.8) is 0 Å². The number of nitrogens with zero attached hydrogens (tertiary/aromatic N) is 1. The Balaban J connectivity index is 4.30. The fraction of sp³-hybridized carbons (Fsp3) is 0.818. The first-order valence-corrected chi connectivity index (χ1v) is 5.99. The first-order chi connectivity index (χ1) is 8.57. The van der Waals surface area contributed by atoms with Crippen LogP contribution in [0.15, 0.2) is 0 Å². The van der Waals surface area contributed by atoms with Gasteiger partial charge in [0.2, 0.25) is 11.8 Å². The average Bonchev–Trinajstić information content (AvgIpc) is 2.28. The van der Waals surface area contributed by atoms with Crippen molar-refractivity contribution in [3.05, 3.63) is 0 Å². The molecular formula is C11H20F3N3O2. The Kier molecular flexibility index (Phi) is 6.28. The summed E-state index contributed by atoms with van der Waals surface area (Å²) in [6.45, 7) is 5.04. The Morgan fingerprint density at radius 3 is 2.05 bits per heavy atom. The highest BCUT2D eigenvalue weighted by Crippen LogP contribution is 2.27. The number of hydrogen-bond donors (Lipinski definition) is 2. The van der Waals surface area contributed by atoms with Gasteiger partial charge in [-0.1, -0.05) is 0 Å². The Morgan fingerprint density at radius 2 is 1.68 bits per heavy atom. The highest BCUT2D eigenvalue weighted by atomic mass is 19.4. The molecule has 0 heterocycles. The molecule has 8 heteroatoms. The average molecular weight is 283 g/mol. The molecule has 19 heavy (non-hydrogen) atoms. The second-order valence-electron chi connectivity index (χ2n) is 4.27. The number of amides is 2. The van der Waals surface area contributed by atoms with Crippen molar-refractivity contribution < 1.29 is 22.8 Å². The second-order valence-corrected chi connectivity index (χ2v) is 4.27. The van der Waals surface area contributed by atoms with Gasteiger partial charge in [0, 0.05) is 26.1 Å². The Morgan fingerprint density at radius 1 is 1.21 bits per heavy atom. The first kappa shape index (κ1) is 17.7. The zero-order chi connectivity index (χ0) is 15.3. The van der Waals surface area contributed by atoms with Gasteiger partial charge < -0.3 is 16.0 Å². The Hall–Kier alpha value is -1.31. The van der Waals surface area contributed by atoms with Crippen molar-refractivity contribution in [1.82, 2.24) is 10.2 Å². The zero-order valence-corrected chi connectivity index (χ0v) is 11.3. The van der Waals surface area contributed by atoms with Gasteiger partial charge in [-0.05, 0) is 20.8 Å². The van der Waals surface area contributed by atoms with Crippen molar-refractivity contribution in [2.75, 3.05) is 19.6 Å². The number of rotatable bonds is 6. The van der Waals surface area contributed by atoms with Crippen molar-refractivity contribution in [3.8, 4) is 0 Å². The molecule has 1 atom stereocenters. The molecule has 0 aromatic heterocycles. The van der Waals surface area contributed by atoms with Crippen LogP contribution in [0, 0.1) is 0 Å². The molecular weight excluding hydrogens is 263 g/mol. The number of nitrogens with one attached hydrogen (secondary N) is 1. The third-order valence-electron chi connectivity index (χ3n) is 2.80. The van der Waals surface area contributed by atoms with E-state index >= 15 is 0 Å². The Labute approximate surface area is 110 Å². The van der Waals surface area contributed by atoms with E-state index in [2.05, 4.69) is 0 Å². The lowest BCUT2D eigenvalue weighted by molar-refractivity contribution is -0.187. The van der Waals surface area contributed by atoms with Crippen molar-refractivity contribution in [1.29, 1.82) is 0 Å². The van der Waals surface area contributed by atoms with Gasteiger partial charge in [-0.2, -0.15) is 13.2 Å². The molecule has 112 valence electrons. The molecule has 0 aromatic carbocycles. The SMILES string of the molecule is CCN(CC)C(=O)CCNC(=O)C(C)(N)C(F)(F)F. The van der Waals surface area contributed by atoms with E-state index < -0.39 is 17.6 Å². The highest BCUT2D eigenvalue weighted by Gasteiger charge is 2.53. The van der Waals surface area contributed by atoms with E-state index in [1.54, 1.807) is 13.8 Å². The van der Waals surface area contributed by atoms with Crippen molar-refractivity contribution >= 4 is 11.8 Å². The summed E-state index contributed by atoms with van der Waals surface area (Å²) in [6, 6.07) is 0. The molecule has 2 amide bonds. The molecule has 0 bridgehead atoms. The van der Waals surface area contributed by atoms with E-state index in [9.17, 15) is 22.8 Å². The number of hydrogen-bond acceptors (Lipinski definition) is 3. The van der Waals surface area contributed by atoms with Crippen molar-refractivity contribution in [2.45, 2.75) is 38.9 Å². The summed E-state index contributed by atoms with van der Waals surface area (Å²) in [5, 5.41) is 2.03. The van der Waals surface area contributed by atoms with Crippen LogP contribution in [0.4, 0.5) is 13.2 Å². The quantitative estimate of drug-likeness (QED) is 0.751. The largest absolute Gasteiger partial charge is 0.415 e. The first-order valence-electron chi connectivity index (χ1n) is 5.99. The maximum absolute atomic E-state index is 12.4. The smallest absolute Gasteiger partial charge is 0.354 e. The molecule has 0 fully saturated rings. The van der Waals surface area contributed by atoms with Crippen LogP contribution in [0.2, 0.25) is 0 Å².